The van der Waals surface area contributed by atoms with Gasteiger partial charge in [0.05, 0.1) is 11.1 Å². The van der Waals surface area contributed by atoms with E-state index in [2.05, 4.69) is 9.55 Å². The van der Waals surface area contributed by atoms with Crippen LogP contribution in [0.25, 0.3) is 11.0 Å². The Morgan fingerprint density at radius 1 is 1.38 bits per heavy atom. The lowest BCUT2D eigenvalue weighted by Gasteiger charge is -2.29. The minimum absolute atomic E-state index is 0.0723. The van der Waals surface area contributed by atoms with Crippen LogP contribution in [0.1, 0.15) is 56.2 Å². The number of aliphatic hydroxyl groups excluding tert-OH is 1. The fourth-order valence-corrected chi connectivity index (χ4v) is 2.70. The molecule has 0 saturated heterocycles. The maximum atomic E-state index is 11.4. The Kier molecular flexibility index (Phi) is 4.05. The summed E-state index contributed by atoms with van der Waals surface area (Å²) in [6.07, 6.45) is 0.579. The number of aromatic nitrogens is 2. The lowest BCUT2D eigenvalue weighted by molar-refractivity contribution is 0.0699. The molecule has 0 aliphatic rings. The van der Waals surface area contributed by atoms with Gasteiger partial charge in [0.2, 0.25) is 0 Å². The highest BCUT2D eigenvalue weighted by atomic mass is 16.4. The second kappa shape index (κ2) is 5.48. The van der Waals surface area contributed by atoms with Gasteiger partial charge < -0.3 is 14.8 Å². The van der Waals surface area contributed by atoms with E-state index in [-0.39, 0.29) is 23.6 Å². The molecule has 0 fully saturated rings. The van der Waals surface area contributed by atoms with Crippen LogP contribution in [0.2, 0.25) is 0 Å². The summed E-state index contributed by atoms with van der Waals surface area (Å²) < 4.78 is 2.07. The number of hydrogen-bond donors (Lipinski definition) is 2. The molecule has 5 heteroatoms. The number of benzene rings is 1. The first-order chi connectivity index (χ1) is 9.79. The van der Waals surface area contributed by atoms with Crippen molar-refractivity contribution in [2.75, 3.05) is 6.61 Å². The van der Waals surface area contributed by atoms with Gasteiger partial charge in [0, 0.05) is 18.1 Å². The van der Waals surface area contributed by atoms with Crippen LogP contribution in [0.3, 0.4) is 0 Å². The molecule has 0 spiro atoms. The standard InChI is InChI=1S/C16H22N2O3/c1-10(2)14-17-13-11(15(20)21)6-5-7-12(13)18(14)16(3,4)8-9-19/h5-7,10,19H,8-9H2,1-4H3,(H,20,21). The molecule has 2 aromatic rings. The summed E-state index contributed by atoms with van der Waals surface area (Å²) in [5.41, 5.74) is 1.20. The maximum Gasteiger partial charge on any atom is 0.337 e. The van der Waals surface area contributed by atoms with Crippen molar-refractivity contribution in [3.63, 3.8) is 0 Å². The summed E-state index contributed by atoms with van der Waals surface area (Å²) in [5.74, 6) is 0.0367. The summed E-state index contributed by atoms with van der Waals surface area (Å²) in [6.45, 7) is 8.20. The fraction of sp³-hybridized carbons (Fsp3) is 0.500. The third kappa shape index (κ3) is 2.65. The van der Waals surface area contributed by atoms with E-state index in [9.17, 15) is 15.0 Å². The topological polar surface area (TPSA) is 75.3 Å². The summed E-state index contributed by atoms with van der Waals surface area (Å²) in [7, 11) is 0. The van der Waals surface area contributed by atoms with Gasteiger partial charge >= 0.3 is 5.97 Å². The van der Waals surface area contributed by atoms with Gasteiger partial charge in [-0.25, -0.2) is 9.78 Å². The Balaban J connectivity index is 2.82. The first-order valence-corrected chi connectivity index (χ1v) is 7.15. The molecule has 0 aliphatic heterocycles. The summed E-state index contributed by atoms with van der Waals surface area (Å²) in [5, 5.41) is 18.7. The zero-order chi connectivity index (χ0) is 15.8. The van der Waals surface area contributed by atoms with Crippen LogP contribution in [0, 0.1) is 0 Å². The van der Waals surface area contributed by atoms with Crippen LogP contribution >= 0.6 is 0 Å². The Labute approximate surface area is 124 Å². The van der Waals surface area contributed by atoms with Gasteiger partial charge in [-0.3, -0.25) is 0 Å². The van der Waals surface area contributed by atoms with Crippen molar-refractivity contribution in [1.29, 1.82) is 0 Å². The Bertz CT molecular complexity index is 671. The number of nitrogens with zero attached hydrogens (tertiary/aromatic N) is 2. The number of aliphatic hydroxyl groups is 1. The van der Waals surface area contributed by atoms with Gasteiger partial charge in [-0.1, -0.05) is 19.9 Å². The highest BCUT2D eigenvalue weighted by molar-refractivity contribution is 6.01. The largest absolute Gasteiger partial charge is 0.478 e. The minimum atomic E-state index is -0.972. The monoisotopic (exact) mass is 290 g/mol. The third-order valence-electron chi connectivity index (χ3n) is 3.79. The summed E-state index contributed by atoms with van der Waals surface area (Å²) in [4.78, 5) is 16.0. The molecule has 0 amide bonds. The number of para-hydroxylation sites is 1. The highest BCUT2D eigenvalue weighted by Crippen LogP contribution is 2.32. The molecule has 0 bridgehead atoms. The number of aromatic carboxylic acids is 1. The quantitative estimate of drug-likeness (QED) is 0.887. The zero-order valence-electron chi connectivity index (χ0n) is 12.9. The molecule has 2 N–H and O–H groups in total. The third-order valence-corrected chi connectivity index (χ3v) is 3.79. The van der Waals surface area contributed by atoms with Crippen molar-refractivity contribution < 1.29 is 15.0 Å². The average Bonchev–Trinajstić information content (AvgIpc) is 2.78. The second-order valence-electron chi connectivity index (χ2n) is 6.22. The van der Waals surface area contributed by atoms with Crippen molar-refractivity contribution in [2.45, 2.75) is 45.6 Å². The molecule has 5 nitrogen and oxygen atoms in total. The Hall–Kier alpha value is -1.88. The van der Waals surface area contributed by atoms with Gasteiger partial charge in [0.15, 0.2) is 0 Å². The first-order valence-electron chi connectivity index (χ1n) is 7.15. The molecule has 2 rings (SSSR count). The molecule has 1 heterocycles. The molecule has 1 aromatic carbocycles. The van der Waals surface area contributed by atoms with Crippen LogP contribution in [0.5, 0.6) is 0 Å². The van der Waals surface area contributed by atoms with E-state index in [0.29, 0.717) is 11.9 Å². The van der Waals surface area contributed by atoms with Crippen molar-refractivity contribution in [3.8, 4) is 0 Å². The number of carbonyl (C=O) groups is 1. The number of hydrogen-bond acceptors (Lipinski definition) is 3. The van der Waals surface area contributed by atoms with Gasteiger partial charge in [-0.2, -0.15) is 0 Å². The molecular weight excluding hydrogens is 268 g/mol. The normalized spacial score (nSPS) is 12.3. The molecule has 0 radical (unpaired) electrons. The Morgan fingerprint density at radius 3 is 2.57 bits per heavy atom. The predicted molar refractivity (Wildman–Crippen MR) is 81.8 cm³/mol. The van der Waals surface area contributed by atoms with Crippen molar-refractivity contribution in [2.24, 2.45) is 0 Å². The minimum Gasteiger partial charge on any atom is -0.478 e. The average molecular weight is 290 g/mol. The summed E-state index contributed by atoms with van der Waals surface area (Å²) in [6, 6.07) is 5.20. The number of imidazole rings is 1. The maximum absolute atomic E-state index is 11.4. The Morgan fingerprint density at radius 2 is 2.05 bits per heavy atom. The molecule has 0 unspecified atom stereocenters. The van der Waals surface area contributed by atoms with Gasteiger partial charge in [0.25, 0.3) is 0 Å². The number of carboxylic acids is 1. The molecule has 21 heavy (non-hydrogen) atoms. The number of carboxylic acid groups (broad SMARTS) is 1. The summed E-state index contributed by atoms with van der Waals surface area (Å²) >= 11 is 0. The van der Waals surface area contributed by atoms with Crippen LogP contribution in [-0.4, -0.2) is 32.3 Å². The van der Waals surface area contributed by atoms with E-state index in [4.69, 9.17) is 0 Å². The highest BCUT2D eigenvalue weighted by Gasteiger charge is 2.28. The lowest BCUT2D eigenvalue weighted by Crippen LogP contribution is -2.29. The van der Waals surface area contributed by atoms with E-state index < -0.39 is 5.97 Å². The molecule has 0 aliphatic carbocycles. The van der Waals surface area contributed by atoms with Crippen molar-refractivity contribution in [1.82, 2.24) is 9.55 Å². The van der Waals surface area contributed by atoms with E-state index in [0.717, 1.165) is 11.3 Å². The first kappa shape index (κ1) is 15.5. The van der Waals surface area contributed by atoms with Crippen LogP contribution < -0.4 is 0 Å². The molecule has 0 saturated carbocycles. The molecule has 0 atom stereocenters. The lowest BCUT2D eigenvalue weighted by atomic mass is 9.99. The smallest absolute Gasteiger partial charge is 0.337 e. The van der Waals surface area contributed by atoms with E-state index in [1.807, 2.05) is 33.8 Å². The van der Waals surface area contributed by atoms with E-state index in [1.54, 1.807) is 12.1 Å². The molecule has 114 valence electrons. The second-order valence-corrected chi connectivity index (χ2v) is 6.22. The predicted octanol–water partition coefficient (Wildman–Crippen LogP) is 2.98. The van der Waals surface area contributed by atoms with Crippen LogP contribution in [-0.2, 0) is 5.54 Å². The van der Waals surface area contributed by atoms with E-state index >= 15 is 0 Å². The van der Waals surface area contributed by atoms with Crippen LogP contribution in [0.15, 0.2) is 18.2 Å². The number of fused-ring (bicyclic) bond motifs is 1. The zero-order valence-corrected chi connectivity index (χ0v) is 12.9. The van der Waals surface area contributed by atoms with Gasteiger partial charge in [0.1, 0.15) is 11.3 Å². The number of rotatable bonds is 5. The van der Waals surface area contributed by atoms with Crippen molar-refractivity contribution in [3.05, 3.63) is 29.6 Å². The van der Waals surface area contributed by atoms with Gasteiger partial charge in [-0.15, -0.1) is 0 Å². The fourth-order valence-electron chi connectivity index (χ4n) is 2.70. The molecular formula is C16H22N2O3. The molecule has 1 aromatic heterocycles. The SMILES string of the molecule is CC(C)c1nc2c(C(=O)O)cccc2n1C(C)(C)CCO. The van der Waals surface area contributed by atoms with E-state index in [1.165, 1.54) is 0 Å². The van der Waals surface area contributed by atoms with Crippen molar-refractivity contribution >= 4 is 17.0 Å². The van der Waals surface area contributed by atoms with Gasteiger partial charge in [-0.05, 0) is 32.4 Å². The van der Waals surface area contributed by atoms with Crippen LogP contribution in [0.4, 0.5) is 0 Å².